The van der Waals surface area contributed by atoms with Crippen LogP contribution in [0, 0.1) is 0 Å². The van der Waals surface area contributed by atoms with Crippen molar-refractivity contribution in [2.45, 2.75) is 12.5 Å². The lowest BCUT2D eigenvalue weighted by Gasteiger charge is -2.10. The first kappa shape index (κ1) is 17.4. The van der Waals surface area contributed by atoms with Gasteiger partial charge >= 0.3 is 5.97 Å². The van der Waals surface area contributed by atoms with E-state index in [1.54, 1.807) is 17.4 Å². The summed E-state index contributed by atoms with van der Waals surface area (Å²) in [6, 6.07) is 9.38. The summed E-state index contributed by atoms with van der Waals surface area (Å²) in [7, 11) is -3.06. The highest BCUT2D eigenvalue weighted by Gasteiger charge is 2.29. The highest BCUT2D eigenvalue weighted by Crippen LogP contribution is 2.39. The second kappa shape index (κ2) is 6.64. The van der Waals surface area contributed by atoms with Gasteiger partial charge in [0.05, 0.1) is 16.2 Å². The number of carbonyl (C=O) groups excluding carboxylic acids is 2. The van der Waals surface area contributed by atoms with Gasteiger partial charge in [0.2, 0.25) is 0 Å². The molecule has 0 radical (unpaired) electrons. The average Bonchev–Trinajstić information content (AvgIpc) is 3.24. The van der Waals surface area contributed by atoms with Crippen molar-refractivity contribution in [3.05, 3.63) is 35.2 Å². The molecule has 26 heavy (non-hydrogen) atoms. The third-order valence-corrected chi connectivity index (χ3v) is 8.35. The molecule has 0 spiro atoms. The minimum absolute atomic E-state index is 0.0546. The predicted octanol–water partition coefficient (Wildman–Crippen LogP) is 2.58. The summed E-state index contributed by atoms with van der Waals surface area (Å²) >= 11 is 2.96. The van der Waals surface area contributed by atoms with Crippen LogP contribution in [-0.2, 0) is 19.4 Å². The zero-order chi connectivity index (χ0) is 18.3. The zero-order valence-corrected chi connectivity index (χ0v) is 16.0. The van der Waals surface area contributed by atoms with E-state index in [1.807, 2.05) is 24.3 Å². The van der Waals surface area contributed by atoms with Gasteiger partial charge in [-0.2, -0.15) is 0 Å². The van der Waals surface area contributed by atoms with Gasteiger partial charge in [-0.3, -0.25) is 4.79 Å². The van der Waals surface area contributed by atoms with Crippen LogP contribution < -0.4 is 5.32 Å². The number of fused-ring (bicyclic) bond motifs is 3. The fraction of sp³-hybridized carbons (Fsp3) is 0.294. The van der Waals surface area contributed by atoms with Gasteiger partial charge in [-0.05, 0) is 18.6 Å². The van der Waals surface area contributed by atoms with E-state index in [0.29, 0.717) is 11.3 Å². The van der Waals surface area contributed by atoms with Crippen LogP contribution in [0.3, 0.4) is 0 Å². The third-order valence-electron chi connectivity index (χ3n) is 4.18. The number of ether oxygens (including phenoxy) is 1. The van der Waals surface area contributed by atoms with Gasteiger partial charge in [0, 0.05) is 20.8 Å². The molecule has 3 aromatic rings. The first-order valence-electron chi connectivity index (χ1n) is 7.99. The number of amides is 1. The van der Waals surface area contributed by atoms with Crippen LogP contribution in [0.25, 0.3) is 19.5 Å². The molecule has 1 fully saturated rings. The van der Waals surface area contributed by atoms with E-state index >= 15 is 0 Å². The van der Waals surface area contributed by atoms with Gasteiger partial charge in [0.15, 0.2) is 16.4 Å². The number of carbonyl (C=O) groups is 2. The monoisotopic (exact) mass is 409 g/mol. The zero-order valence-electron chi connectivity index (χ0n) is 13.6. The topological polar surface area (TPSA) is 89.5 Å². The number of thiophene rings is 2. The SMILES string of the molecule is O=C(COC(=O)c1cc2sc3ccccc3c2s1)N[C@H]1CCS(=O)(=O)C1. The maximum atomic E-state index is 12.2. The standard InChI is InChI=1S/C17H15NO5S3/c19-15(18-10-5-6-26(21,22)9-10)8-23-17(20)14-7-13-16(25-14)11-3-1-2-4-12(11)24-13/h1-4,7,10H,5-6,8-9H2,(H,18,19)/t10-/m0/s1. The van der Waals surface area contributed by atoms with Crippen LogP contribution in [-0.4, -0.2) is 44.4 Å². The lowest BCUT2D eigenvalue weighted by molar-refractivity contribution is -0.124. The van der Waals surface area contributed by atoms with Crippen molar-refractivity contribution in [2.75, 3.05) is 18.1 Å². The van der Waals surface area contributed by atoms with Crippen LogP contribution in [0.15, 0.2) is 30.3 Å². The van der Waals surface area contributed by atoms with Crippen molar-refractivity contribution in [3.63, 3.8) is 0 Å². The molecular formula is C17H15NO5S3. The molecule has 1 aliphatic rings. The van der Waals surface area contributed by atoms with Crippen LogP contribution in [0.5, 0.6) is 0 Å². The van der Waals surface area contributed by atoms with E-state index in [0.717, 1.165) is 14.8 Å². The molecule has 136 valence electrons. The van der Waals surface area contributed by atoms with E-state index in [-0.39, 0.29) is 11.5 Å². The molecule has 1 saturated heterocycles. The normalized spacial score (nSPS) is 19.0. The summed E-state index contributed by atoms with van der Waals surface area (Å²) in [5, 5.41) is 3.71. The number of esters is 1. The Hall–Kier alpha value is -1.97. The molecule has 0 aliphatic carbocycles. The number of sulfone groups is 1. The molecule has 1 atom stereocenters. The number of hydrogen-bond donors (Lipinski definition) is 1. The lowest BCUT2D eigenvalue weighted by atomic mass is 10.2. The molecule has 6 nitrogen and oxygen atoms in total. The molecule has 0 bridgehead atoms. The van der Waals surface area contributed by atoms with Crippen molar-refractivity contribution in [2.24, 2.45) is 0 Å². The van der Waals surface area contributed by atoms with Crippen molar-refractivity contribution in [1.29, 1.82) is 0 Å². The number of benzene rings is 1. The summed E-state index contributed by atoms with van der Waals surface area (Å²) < 4.78 is 31.1. The van der Waals surface area contributed by atoms with Crippen LogP contribution in [0.2, 0.25) is 0 Å². The Kier molecular flexibility index (Phi) is 4.45. The van der Waals surface area contributed by atoms with Crippen molar-refractivity contribution in [1.82, 2.24) is 5.32 Å². The second-order valence-electron chi connectivity index (χ2n) is 6.15. The van der Waals surface area contributed by atoms with E-state index < -0.39 is 34.4 Å². The van der Waals surface area contributed by atoms with Gasteiger partial charge in [-0.1, -0.05) is 18.2 Å². The van der Waals surface area contributed by atoms with Gasteiger partial charge in [0.1, 0.15) is 4.88 Å². The summed E-state index contributed by atoms with van der Waals surface area (Å²) in [5.41, 5.74) is 0. The summed E-state index contributed by atoms with van der Waals surface area (Å²) in [6.07, 6.45) is 0.399. The third kappa shape index (κ3) is 3.46. The first-order valence-corrected chi connectivity index (χ1v) is 11.4. The minimum Gasteiger partial charge on any atom is -0.451 e. The summed E-state index contributed by atoms with van der Waals surface area (Å²) in [4.78, 5) is 24.5. The molecular weight excluding hydrogens is 394 g/mol. The summed E-state index contributed by atoms with van der Waals surface area (Å²) in [5.74, 6) is -1.00. The van der Waals surface area contributed by atoms with E-state index in [2.05, 4.69) is 5.32 Å². The maximum Gasteiger partial charge on any atom is 0.348 e. The summed E-state index contributed by atoms with van der Waals surface area (Å²) in [6.45, 7) is -0.415. The Bertz CT molecular complexity index is 1110. The highest BCUT2D eigenvalue weighted by atomic mass is 32.2. The smallest absolute Gasteiger partial charge is 0.348 e. The number of rotatable bonds is 4. The molecule has 4 rings (SSSR count). The first-order chi connectivity index (χ1) is 12.4. The highest BCUT2D eigenvalue weighted by molar-refractivity contribution is 7.91. The van der Waals surface area contributed by atoms with Crippen molar-refractivity contribution in [3.8, 4) is 0 Å². The molecule has 9 heteroatoms. The molecule has 1 aromatic carbocycles. The number of nitrogens with one attached hydrogen (secondary N) is 1. The Morgan fingerprint density at radius 1 is 1.19 bits per heavy atom. The molecule has 1 amide bonds. The minimum atomic E-state index is -3.06. The Balaban J connectivity index is 1.39. The molecule has 2 aromatic heterocycles. The molecule has 0 unspecified atom stereocenters. The fourth-order valence-electron chi connectivity index (χ4n) is 2.98. The average molecular weight is 410 g/mol. The van der Waals surface area contributed by atoms with E-state index in [9.17, 15) is 18.0 Å². The molecule has 3 heterocycles. The largest absolute Gasteiger partial charge is 0.451 e. The Morgan fingerprint density at radius 3 is 2.77 bits per heavy atom. The lowest BCUT2D eigenvalue weighted by Crippen LogP contribution is -2.38. The van der Waals surface area contributed by atoms with Crippen LogP contribution in [0.1, 0.15) is 16.1 Å². The van der Waals surface area contributed by atoms with Crippen LogP contribution >= 0.6 is 22.7 Å². The maximum absolute atomic E-state index is 12.2. The van der Waals surface area contributed by atoms with Crippen LogP contribution in [0.4, 0.5) is 0 Å². The molecule has 1 aliphatic heterocycles. The number of hydrogen-bond acceptors (Lipinski definition) is 7. The van der Waals surface area contributed by atoms with Gasteiger partial charge in [-0.15, -0.1) is 22.7 Å². The predicted molar refractivity (Wildman–Crippen MR) is 103 cm³/mol. The van der Waals surface area contributed by atoms with Crippen molar-refractivity contribution < 1.29 is 22.7 Å². The van der Waals surface area contributed by atoms with Gasteiger partial charge in [-0.25, -0.2) is 13.2 Å². The molecule has 0 saturated carbocycles. The second-order valence-corrected chi connectivity index (χ2v) is 10.5. The Labute approximate surface area is 157 Å². The van der Waals surface area contributed by atoms with Gasteiger partial charge in [0.25, 0.3) is 5.91 Å². The quantitative estimate of drug-likeness (QED) is 0.669. The fourth-order valence-corrected chi connectivity index (χ4v) is 7.07. The van der Waals surface area contributed by atoms with Gasteiger partial charge < -0.3 is 10.1 Å². The van der Waals surface area contributed by atoms with E-state index in [4.69, 9.17) is 4.74 Å². The van der Waals surface area contributed by atoms with Crippen molar-refractivity contribution >= 4 is 63.9 Å². The molecule has 1 N–H and O–H groups in total. The Morgan fingerprint density at radius 2 is 2.00 bits per heavy atom. The van der Waals surface area contributed by atoms with E-state index in [1.165, 1.54) is 16.0 Å².